The number of aromatic nitrogens is 3. The molecule has 1 N–H and O–H groups in total. The number of amides is 1. The number of hydrogen-bond donors (Lipinski definition) is 1. The molecule has 0 radical (unpaired) electrons. The van der Waals surface area contributed by atoms with Gasteiger partial charge in [0.2, 0.25) is 0 Å². The molecule has 1 saturated heterocycles. The zero-order chi connectivity index (χ0) is 23.7. The Bertz CT molecular complexity index is 1270. The second kappa shape index (κ2) is 9.54. The van der Waals surface area contributed by atoms with Crippen LogP contribution in [-0.2, 0) is 11.3 Å². The highest BCUT2D eigenvalue weighted by Gasteiger charge is 2.24. The highest BCUT2D eigenvalue weighted by molar-refractivity contribution is 7.14. The Kier molecular flexibility index (Phi) is 6.32. The number of nitrogens with one attached hydrogen (secondary N) is 1. The van der Waals surface area contributed by atoms with Crippen LogP contribution in [-0.4, -0.2) is 50.9 Å². The van der Waals surface area contributed by atoms with Crippen LogP contribution in [0.3, 0.4) is 0 Å². The van der Waals surface area contributed by atoms with Crippen LogP contribution in [0.15, 0.2) is 58.5 Å². The van der Waals surface area contributed by atoms with Crippen LogP contribution in [0.5, 0.6) is 0 Å². The molecular formula is C25H27N5O3S. The maximum Gasteiger partial charge on any atom is 0.261 e. The van der Waals surface area contributed by atoms with E-state index >= 15 is 0 Å². The molecule has 176 valence electrons. The first-order chi connectivity index (χ1) is 16.4. The lowest BCUT2D eigenvalue weighted by atomic mass is 10.2. The smallest absolute Gasteiger partial charge is 0.261 e. The maximum absolute atomic E-state index is 13.3. The zero-order valence-corrected chi connectivity index (χ0v) is 20.2. The van der Waals surface area contributed by atoms with Gasteiger partial charge in [-0.3, -0.25) is 15.0 Å². The fourth-order valence-electron chi connectivity index (χ4n) is 4.24. The topological polar surface area (TPSA) is 85.4 Å². The van der Waals surface area contributed by atoms with E-state index < -0.39 is 0 Å². The molecule has 0 spiro atoms. The second-order valence-corrected chi connectivity index (χ2v) is 9.49. The molecule has 4 aromatic rings. The number of rotatable bonds is 6. The van der Waals surface area contributed by atoms with Crippen LogP contribution in [0.4, 0.5) is 5.13 Å². The summed E-state index contributed by atoms with van der Waals surface area (Å²) in [5, 5.41) is 10.1. The third-order valence-corrected chi connectivity index (χ3v) is 6.41. The average Bonchev–Trinajstić information content (AvgIpc) is 3.53. The van der Waals surface area contributed by atoms with Gasteiger partial charge in [0.15, 0.2) is 10.9 Å². The lowest BCUT2D eigenvalue weighted by Gasteiger charge is -2.34. The van der Waals surface area contributed by atoms with Crippen molar-refractivity contribution in [2.24, 2.45) is 0 Å². The van der Waals surface area contributed by atoms with Crippen LogP contribution in [0.1, 0.15) is 35.7 Å². The number of hydrogen-bond acceptors (Lipinski definition) is 7. The van der Waals surface area contributed by atoms with Crippen LogP contribution in [0, 0.1) is 6.92 Å². The normalized spacial score (nSPS) is 18.8. The van der Waals surface area contributed by atoms with E-state index in [0.29, 0.717) is 22.1 Å². The molecule has 4 heterocycles. The first-order valence-electron chi connectivity index (χ1n) is 11.3. The average molecular weight is 478 g/mol. The molecule has 0 saturated carbocycles. The summed E-state index contributed by atoms with van der Waals surface area (Å²) in [5.41, 5.74) is 2.70. The summed E-state index contributed by atoms with van der Waals surface area (Å²) in [5.74, 6) is 1.03. The van der Waals surface area contributed by atoms with Gasteiger partial charge >= 0.3 is 0 Å². The molecule has 9 heteroatoms. The fourth-order valence-corrected chi connectivity index (χ4v) is 4.94. The fraction of sp³-hybridized carbons (Fsp3) is 0.320. The number of morpholine rings is 1. The Balaban J connectivity index is 1.36. The lowest BCUT2D eigenvalue weighted by Crippen LogP contribution is -2.44. The molecule has 8 nitrogen and oxygen atoms in total. The molecular weight excluding hydrogens is 450 g/mol. The minimum Gasteiger partial charge on any atom is -0.460 e. The van der Waals surface area contributed by atoms with Crippen molar-refractivity contribution >= 4 is 22.4 Å². The van der Waals surface area contributed by atoms with Gasteiger partial charge in [-0.25, -0.2) is 9.67 Å². The molecule has 2 atom stereocenters. The van der Waals surface area contributed by atoms with E-state index in [1.165, 1.54) is 11.3 Å². The first kappa shape index (κ1) is 22.5. The largest absolute Gasteiger partial charge is 0.460 e. The number of aryl methyl sites for hydroxylation is 1. The molecule has 1 aliphatic rings. The number of carbonyl (C=O) groups is 1. The van der Waals surface area contributed by atoms with Crippen molar-refractivity contribution in [2.45, 2.75) is 39.5 Å². The van der Waals surface area contributed by atoms with E-state index in [-0.39, 0.29) is 18.1 Å². The van der Waals surface area contributed by atoms with Crippen molar-refractivity contribution in [1.29, 1.82) is 0 Å². The van der Waals surface area contributed by atoms with E-state index in [2.05, 4.69) is 34.1 Å². The van der Waals surface area contributed by atoms with Crippen LogP contribution >= 0.6 is 11.3 Å². The lowest BCUT2D eigenvalue weighted by molar-refractivity contribution is -0.0707. The van der Waals surface area contributed by atoms with E-state index in [1.807, 2.05) is 54.8 Å². The SMILES string of the molecule is Cc1ccc(-c2nn(-c3ccccc3)cc2C(=O)Nc2nc(CN3CC(C)OC(C)C3)cs2)o1. The third-order valence-electron chi connectivity index (χ3n) is 5.61. The monoisotopic (exact) mass is 477 g/mol. The summed E-state index contributed by atoms with van der Waals surface area (Å²) in [4.78, 5) is 20.3. The molecule has 0 aliphatic carbocycles. The van der Waals surface area contributed by atoms with Gasteiger partial charge in [-0.2, -0.15) is 5.10 Å². The Morgan fingerprint density at radius 2 is 1.91 bits per heavy atom. The summed E-state index contributed by atoms with van der Waals surface area (Å²) >= 11 is 1.42. The van der Waals surface area contributed by atoms with Crippen molar-refractivity contribution in [2.75, 3.05) is 18.4 Å². The van der Waals surface area contributed by atoms with E-state index in [9.17, 15) is 4.79 Å². The highest BCUT2D eigenvalue weighted by Crippen LogP contribution is 2.27. The summed E-state index contributed by atoms with van der Waals surface area (Å²) in [6.07, 6.45) is 2.13. The molecule has 1 fully saturated rings. The quantitative estimate of drug-likeness (QED) is 0.431. The molecule has 3 aromatic heterocycles. The number of nitrogens with zero attached hydrogens (tertiary/aromatic N) is 4. The highest BCUT2D eigenvalue weighted by atomic mass is 32.1. The summed E-state index contributed by atoms with van der Waals surface area (Å²) < 4.78 is 13.3. The van der Waals surface area contributed by atoms with Gasteiger partial charge in [-0.05, 0) is 45.0 Å². The van der Waals surface area contributed by atoms with Crippen LogP contribution in [0.2, 0.25) is 0 Å². The van der Waals surface area contributed by atoms with Crippen molar-refractivity contribution < 1.29 is 13.9 Å². The third kappa shape index (κ3) is 4.96. The number of carbonyl (C=O) groups excluding carboxylic acids is 1. The van der Waals surface area contributed by atoms with Crippen molar-refractivity contribution in [3.8, 4) is 17.1 Å². The predicted molar refractivity (Wildman–Crippen MR) is 131 cm³/mol. The standard InChI is InChI=1S/C25H27N5O3S/c1-16-9-10-22(33-16)23-21(14-30(28-23)20-7-5-4-6-8-20)24(31)27-25-26-19(15-34-25)13-29-11-17(2)32-18(3)12-29/h4-10,14-15,17-18H,11-13H2,1-3H3,(H,26,27,31). The Morgan fingerprint density at radius 3 is 2.62 bits per heavy atom. The van der Waals surface area contributed by atoms with Gasteiger partial charge in [0.05, 0.1) is 29.2 Å². The van der Waals surface area contributed by atoms with Crippen molar-refractivity contribution in [1.82, 2.24) is 19.7 Å². The number of furan rings is 1. The molecule has 5 rings (SSSR count). The van der Waals surface area contributed by atoms with Crippen LogP contribution in [0.25, 0.3) is 17.1 Å². The van der Waals surface area contributed by atoms with Crippen molar-refractivity contribution in [3.05, 3.63) is 71.1 Å². The number of ether oxygens (including phenoxy) is 1. The Morgan fingerprint density at radius 1 is 1.15 bits per heavy atom. The number of benzene rings is 1. The van der Waals surface area contributed by atoms with Gasteiger partial charge in [0.1, 0.15) is 11.5 Å². The second-order valence-electron chi connectivity index (χ2n) is 8.63. The molecule has 2 unspecified atom stereocenters. The van der Waals surface area contributed by atoms with Crippen LogP contribution < -0.4 is 5.32 Å². The number of para-hydroxylation sites is 1. The van der Waals surface area contributed by atoms with Gasteiger partial charge < -0.3 is 9.15 Å². The van der Waals surface area contributed by atoms with Gasteiger partial charge in [0, 0.05) is 31.2 Å². The first-order valence-corrected chi connectivity index (χ1v) is 12.2. The number of anilines is 1. The maximum atomic E-state index is 13.3. The Labute approximate surface area is 202 Å². The van der Waals surface area contributed by atoms with Gasteiger partial charge in [-0.15, -0.1) is 11.3 Å². The zero-order valence-electron chi connectivity index (χ0n) is 19.4. The van der Waals surface area contributed by atoms with Gasteiger partial charge in [0.25, 0.3) is 5.91 Å². The van der Waals surface area contributed by atoms with Crippen molar-refractivity contribution in [3.63, 3.8) is 0 Å². The summed E-state index contributed by atoms with van der Waals surface area (Å²) in [6, 6.07) is 13.4. The molecule has 34 heavy (non-hydrogen) atoms. The Hall–Kier alpha value is -3.27. The summed E-state index contributed by atoms with van der Waals surface area (Å²) in [6.45, 7) is 8.51. The van der Waals surface area contributed by atoms with E-state index in [1.54, 1.807) is 10.9 Å². The molecule has 0 bridgehead atoms. The van der Waals surface area contributed by atoms with E-state index in [4.69, 9.17) is 9.15 Å². The predicted octanol–water partition coefficient (Wildman–Crippen LogP) is 4.76. The van der Waals surface area contributed by atoms with Gasteiger partial charge in [-0.1, -0.05) is 18.2 Å². The number of thiazole rings is 1. The van der Waals surface area contributed by atoms with E-state index in [0.717, 1.165) is 36.8 Å². The molecule has 1 aliphatic heterocycles. The minimum absolute atomic E-state index is 0.200. The minimum atomic E-state index is -0.277. The molecule has 1 aromatic carbocycles. The summed E-state index contributed by atoms with van der Waals surface area (Å²) in [7, 11) is 0. The molecule has 1 amide bonds.